The summed E-state index contributed by atoms with van der Waals surface area (Å²) in [5, 5.41) is 9.72. The number of pyridine rings is 1. The maximum Gasteiger partial charge on any atom is 0.279 e. The van der Waals surface area contributed by atoms with Gasteiger partial charge in [0.15, 0.2) is 0 Å². The van der Waals surface area contributed by atoms with E-state index in [9.17, 15) is 13.6 Å². The van der Waals surface area contributed by atoms with E-state index < -0.39 is 19.9 Å². The molecule has 1 aliphatic heterocycles. The Morgan fingerprint density at radius 1 is 1.19 bits per heavy atom. The molecule has 0 bridgehead atoms. The number of aryl methyl sites for hydroxylation is 1. The molecule has 3 aromatic heterocycles. The molecule has 1 aliphatic carbocycles. The average Bonchev–Trinajstić information content (AvgIpc) is 3.58. The van der Waals surface area contributed by atoms with Gasteiger partial charge in [-0.15, -0.1) is 10.2 Å². The van der Waals surface area contributed by atoms with Gasteiger partial charge in [0.05, 0.1) is 10.4 Å². The molecule has 47 heavy (non-hydrogen) atoms. The summed E-state index contributed by atoms with van der Waals surface area (Å²) in [7, 11) is 0.582. The monoisotopic (exact) mass is 684 g/mol. The van der Waals surface area contributed by atoms with E-state index in [4.69, 9.17) is 16.3 Å². The predicted octanol–water partition coefficient (Wildman–Crippen LogP) is 7.47. The summed E-state index contributed by atoms with van der Waals surface area (Å²) < 4.78 is 38.4. The van der Waals surface area contributed by atoms with Crippen LogP contribution < -0.4 is 5.56 Å². The number of piperidine rings is 1. The summed E-state index contributed by atoms with van der Waals surface area (Å²) in [4.78, 5) is 16.9. The normalized spacial score (nSPS) is 22.3. The molecule has 4 heterocycles. The van der Waals surface area contributed by atoms with Gasteiger partial charge in [0.2, 0.25) is 6.43 Å². The molecule has 0 amide bonds. The lowest BCUT2D eigenvalue weighted by Gasteiger charge is -2.47. The number of ether oxygens (including phenoxy) is 1. The molecule has 1 aromatic carbocycles. The first-order chi connectivity index (χ1) is 22.3. The van der Waals surface area contributed by atoms with Gasteiger partial charge in [-0.25, -0.2) is 8.78 Å². The molecular weight excluding hydrogens is 638 g/mol. The van der Waals surface area contributed by atoms with Crippen molar-refractivity contribution in [1.82, 2.24) is 28.8 Å². The summed E-state index contributed by atoms with van der Waals surface area (Å²) in [6.45, 7) is 13.0. The Hall–Kier alpha value is -2.86. The first-order valence-corrected chi connectivity index (χ1v) is 20.9. The Kier molecular flexibility index (Phi) is 9.82. The average molecular weight is 685 g/mol. The lowest BCUT2D eigenvalue weighted by molar-refractivity contribution is 0.0608. The first kappa shape index (κ1) is 34.0. The smallest absolute Gasteiger partial charge is 0.279 e. The van der Waals surface area contributed by atoms with Crippen molar-refractivity contribution in [2.45, 2.75) is 89.8 Å². The molecular formula is C35H47ClF2N6O2Si. The molecule has 0 spiro atoms. The molecule has 0 unspecified atom stereocenters. The van der Waals surface area contributed by atoms with Crippen molar-refractivity contribution in [2.24, 2.45) is 18.9 Å². The van der Waals surface area contributed by atoms with Crippen LogP contribution in [0.3, 0.4) is 0 Å². The molecule has 8 nitrogen and oxygen atoms in total. The Bertz CT molecular complexity index is 1770. The topological polar surface area (TPSA) is 70.1 Å². The van der Waals surface area contributed by atoms with Crippen molar-refractivity contribution in [2.75, 3.05) is 19.7 Å². The fourth-order valence-electron chi connectivity index (χ4n) is 7.60. The molecule has 6 rings (SSSR count). The van der Waals surface area contributed by atoms with Crippen LogP contribution >= 0.6 is 11.6 Å². The van der Waals surface area contributed by atoms with Crippen molar-refractivity contribution in [3.8, 4) is 5.69 Å². The molecule has 254 valence electrons. The van der Waals surface area contributed by atoms with E-state index in [1.54, 1.807) is 17.1 Å². The summed E-state index contributed by atoms with van der Waals surface area (Å²) >= 11 is 6.98. The molecule has 2 fully saturated rings. The van der Waals surface area contributed by atoms with E-state index >= 15 is 0 Å². The third-order valence-corrected chi connectivity index (χ3v) is 12.1. The molecule has 1 atom stereocenters. The molecule has 12 heteroatoms. The number of benzene rings is 1. The zero-order valence-corrected chi connectivity index (χ0v) is 29.9. The van der Waals surface area contributed by atoms with E-state index in [0.29, 0.717) is 41.6 Å². The van der Waals surface area contributed by atoms with Crippen LogP contribution in [0.4, 0.5) is 8.78 Å². The van der Waals surface area contributed by atoms with Gasteiger partial charge >= 0.3 is 0 Å². The second-order valence-electron chi connectivity index (χ2n) is 15.1. The van der Waals surface area contributed by atoms with Crippen molar-refractivity contribution >= 4 is 30.6 Å². The quantitative estimate of drug-likeness (QED) is 0.114. The summed E-state index contributed by atoms with van der Waals surface area (Å²) in [6.07, 6.45) is 4.33. The number of aromatic nitrogens is 5. The molecule has 0 radical (unpaired) electrons. The summed E-state index contributed by atoms with van der Waals surface area (Å²) in [5.74, 6) is 1.25. The van der Waals surface area contributed by atoms with Crippen LogP contribution in [0.25, 0.3) is 16.6 Å². The minimum atomic E-state index is -2.35. The molecule has 4 aromatic rings. The molecule has 1 saturated heterocycles. The lowest BCUT2D eigenvalue weighted by atomic mass is 9.57. The number of fused-ring (bicyclic) bond motifs is 1. The highest BCUT2D eigenvalue weighted by Gasteiger charge is 2.50. The summed E-state index contributed by atoms with van der Waals surface area (Å²) in [5.41, 5.74) is 2.39. The van der Waals surface area contributed by atoms with E-state index in [2.05, 4.69) is 47.7 Å². The van der Waals surface area contributed by atoms with Gasteiger partial charge in [-0.05, 0) is 73.9 Å². The van der Waals surface area contributed by atoms with Crippen molar-refractivity contribution in [3.63, 3.8) is 0 Å². The highest BCUT2D eigenvalue weighted by Crippen LogP contribution is 2.53. The second-order valence-corrected chi connectivity index (χ2v) is 21.1. The number of hydrogen-bond donors (Lipinski definition) is 0. The number of halogens is 3. The zero-order chi connectivity index (χ0) is 33.5. The van der Waals surface area contributed by atoms with Crippen molar-refractivity contribution in [1.29, 1.82) is 0 Å². The van der Waals surface area contributed by atoms with Gasteiger partial charge < -0.3 is 13.9 Å². The Morgan fingerprint density at radius 2 is 1.98 bits per heavy atom. The fourth-order valence-corrected chi connectivity index (χ4v) is 8.59. The van der Waals surface area contributed by atoms with Gasteiger partial charge in [0.1, 0.15) is 24.4 Å². The number of alkyl halides is 2. The number of likely N-dealkylation sites (tertiary alicyclic amines) is 1. The van der Waals surface area contributed by atoms with Crippen LogP contribution in [0.1, 0.15) is 56.1 Å². The first-order valence-electron chi connectivity index (χ1n) is 16.8. The Balaban J connectivity index is 1.40. The number of hydrogen-bond acceptors (Lipinski definition) is 5. The maximum atomic E-state index is 14.5. The number of rotatable bonds is 12. The van der Waals surface area contributed by atoms with Gasteiger partial charge in [0.25, 0.3) is 5.56 Å². The van der Waals surface area contributed by atoms with E-state index in [0.717, 1.165) is 54.6 Å². The van der Waals surface area contributed by atoms with Crippen LogP contribution in [-0.4, -0.2) is 63.0 Å². The van der Waals surface area contributed by atoms with Gasteiger partial charge in [-0.2, -0.15) is 0 Å². The number of nitrogens with zero attached hydrogens (tertiary/aromatic N) is 6. The van der Waals surface area contributed by atoms with Gasteiger partial charge in [-0.1, -0.05) is 50.3 Å². The highest BCUT2D eigenvalue weighted by atomic mass is 35.5. The predicted molar refractivity (Wildman–Crippen MR) is 185 cm³/mol. The lowest BCUT2D eigenvalue weighted by Crippen LogP contribution is -2.45. The van der Waals surface area contributed by atoms with Gasteiger partial charge in [-0.3, -0.25) is 14.3 Å². The zero-order valence-electron chi connectivity index (χ0n) is 28.2. The van der Waals surface area contributed by atoms with E-state index in [1.165, 1.54) is 6.42 Å². The summed E-state index contributed by atoms with van der Waals surface area (Å²) in [6, 6.07) is 10.9. The minimum absolute atomic E-state index is 0.116. The Morgan fingerprint density at radius 3 is 2.66 bits per heavy atom. The van der Waals surface area contributed by atoms with Crippen molar-refractivity contribution < 1.29 is 13.5 Å². The molecule has 2 aliphatic rings. The molecule has 0 N–H and O–H groups in total. The van der Waals surface area contributed by atoms with Crippen LogP contribution in [0.2, 0.25) is 30.7 Å². The maximum absolute atomic E-state index is 14.5. The third-order valence-electron chi connectivity index (χ3n) is 10.0. The van der Waals surface area contributed by atoms with Crippen molar-refractivity contribution in [3.05, 3.63) is 75.3 Å². The minimum Gasteiger partial charge on any atom is -0.361 e. The second kappa shape index (κ2) is 13.6. The van der Waals surface area contributed by atoms with Crippen LogP contribution in [-0.2, 0) is 30.5 Å². The van der Waals surface area contributed by atoms with Crippen LogP contribution in [0.15, 0.2) is 47.7 Å². The molecule has 1 saturated carbocycles. The van der Waals surface area contributed by atoms with Gasteiger partial charge in [0, 0.05) is 64.2 Å². The van der Waals surface area contributed by atoms with Crippen LogP contribution in [0, 0.1) is 11.8 Å². The Labute approximate surface area is 281 Å². The third kappa shape index (κ3) is 7.14. The fraction of sp³-hybridized carbons (Fsp3) is 0.571. The highest BCUT2D eigenvalue weighted by molar-refractivity contribution is 6.76. The SMILES string of the molecule is C[C@H]1CCCN(Cc2cc3c(Cl)cn(-c4cccc(C5(c6nncn6C)CC(CC(F)F)C5)c4)c(=O)c3n2COCC[Si](C)(C)C)C1. The largest absolute Gasteiger partial charge is 0.361 e. The van der Waals surface area contributed by atoms with E-state index in [1.807, 2.05) is 40.4 Å². The standard InChI is InChI=1S/C35H47ClF2N6O2Si/c1-24-8-7-11-42(19-24)20-28-16-29-30(36)21-43(33(45)32(29)44(28)23-46-12-13-47(3,4)5)27-10-6-9-26(15-27)35(34-40-39-22-41(34)2)17-25(18-35)14-31(37)38/h6,9-10,15-16,21-22,24-25,31H,7-8,11-14,17-20,23H2,1-5H3/t24-,25?,35?/m0/s1. The van der Waals surface area contributed by atoms with Crippen LogP contribution in [0.5, 0.6) is 0 Å². The van der Waals surface area contributed by atoms with E-state index in [-0.39, 0.29) is 24.6 Å².